The molecule has 1 aliphatic rings. The van der Waals surface area contributed by atoms with E-state index in [0.29, 0.717) is 5.69 Å². The lowest BCUT2D eigenvalue weighted by Gasteiger charge is -2.58. The number of halogens is 1. The first kappa shape index (κ1) is 25.7. The first-order valence-electron chi connectivity index (χ1n) is 10.1. The number of nitrogens with two attached hydrogens (primary N) is 1. The van der Waals surface area contributed by atoms with Crippen molar-refractivity contribution < 1.29 is 18.1 Å². The van der Waals surface area contributed by atoms with Crippen molar-refractivity contribution in [2.45, 2.75) is 57.4 Å². The van der Waals surface area contributed by atoms with E-state index in [1.807, 2.05) is 0 Å². The standard InChI is InChI=1S/C21H35FN6O3S/c1-19(2,3)31-18(29)28(27-24-7)17-20(4,5)32(9,30,25-8)13-21(6,26-17)15-12-14(23)10-11-16(15)22/h10-12,27H,7,13,23H2,1-6,8-9H3,(H,25,30)/t21-/m0/s1. The summed E-state index contributed by atoms with van der Waals surface area (Å²) in [5.74, 6) is -0.515. The molecule has 1 amide bonds. The number of hydrazine groups is 1. The number of nitrogens with zero attached hydrogens (tertiary/aromatic N) is 3. The number of amides is 1. The van der Waals surface area contributed by atoms with Gasteiger partial charge in [0.1, 0.15) is 17.3 Å². The third kappa shape index (κ3) is 4.36. The van der Waals surface area contributed by atoms with Gasteiger partial charge in [0.2, 0.25) is 0 Å². The molecule has 9 nitrogen and oxygen atoms in total. The Hall–Kier alpha value is -2.53. The van der Waals surface area contributed by atoms with Crippen molar-refractivity contribution in [3.05, 3.63) is 29.6 Å². The molecule has 0 aromatic heterocycles. The summed E-state index contributed by atoms with van der Waals surface area (Å²) < 4.78 is 36.9. The number of benzene rings is 1. The number of hydrogen-bond acceptors (Lipinski definition) is 7. The lowest BCUT2D eigenvalue weighted by atomic mass is 9.92. The molecule has 32 heavy (non-hydrogen) atoms. The maximum absolute atomic E-state index is 14.9. The number of aliphatic imine (C=N–C) groups is 1. The lowest BCUT2D eigenvalue weighted by molar-refractivity contribution is 0.0290. The minimum atomic E-state index is -3.84. The van der Waals surface area contributed by atoms with Crippen LogP contribution in [0.5, 0.6) is 0 Å². The molecule has 0 saturated heterocycles. The lowest BCUT2D eigenvalue weighted by Crippen LogP contribution is -2.74. The number of rotatable bonds is 4. The predicted molar refractivity (Wildman–Crippen MR) is 128 cm³/mol. The first-order chi connectivity index (χ1) is 14.4. The molecule has 180 valence electrons. The van der Waals surface area contributed by atoms with Crippen molar-refractivity contribution in [2.75, 3.05) is 24.8 Å². The van der Waals surface area contributed by atoms with Gasteiger partial charge >= 0.3 is 6.09 Å². The molecule has 0 fully saturated rings. The summed E-state index contributed by atoms with van der Waals surface area (Å²) in [5.41, 5.74) is 6.77. The third-order valence-corrected chi connectivity index (χ3v) is 11.1. The van der Waals surface area contributed by atoms with Gasteiger partial charge in [-0.05, 0) is 76.0 Å². The van der Waals surface area contributed by atoms with Crippen LogP contribution in [0.3, 0.4) is 0 Å². The summed E-state index contributed by atoms with van der Waals surface area (Å²) in [5, 5.41) is 4.58. The molecule has 1 atom stereocenters. The Morgan fingerprint density at radius 2 is 1.97 bits per heavy atom. The van der Waals surface area contributed by atoms with Crippen LogP contribution in [0, 0.1) is 5.82 Å². The van der Waals surface area contributed by atoms with Crippen molar-refractivity contribution in [3.63, 3.8) is 0 Å². The molecule has 0 unspecified atom stereocenters. The van der Waals surface area contributed by atoms with Crippen LogP contribution in [0.25, 0.3) is 0 Å². The van der Waals surface area contributed by atoms with Crippen molar-refractivity contribution in [1.29, 1.82) is 0 Å². The number of hydrogen-bond donors (Lipinski definition) is 3. The Kier molecular flexibility index (Phi) is 6.27. The third-order valence-electron chi connectivity index (χ3n) is 5.92. The molecule has 0 saturated carbocycles. The summed E-state index contributed by atoms with van der Waals surface area (Å²) in [6.45, 7) is 13.6. The highest BCUT2D eigenvalue weighted by molar-refractivity contribution is 8.19. The Labute approximate surface area is 189 Å². The molecule has 1 aromatic carbocycles. The monoisotopic (exact) mass is 470 g/mol. The maximum Gasteiger partial charge on any atom is 0.436 e. The Morgan fingerprint density at radius 3 is 2.47 bits per heavy atom. The highest BCUT2D eigenvalue weighted by Gasteiger charge is 2.59. The van der Waals surface area contributed by atoms with Crippen molar-refractivity contribution in [2.24, 2.45) is 10.1 Å². The SMILES string of the molecule is C=NNN(C(=O)OC(C)(C)C)C1=N[C@](C)(c2cc(N)ccc2F)CS(C)(=O)(NC)C1(C)C. The van der Waals surface area contributed by atoms with Gasteiger partial charge < -0.3 is 10.5 Å². The molecular weight excluding hydrogens is 435 g/mol. The zero-order valence-electron chi connectivity index (χ0n) is 20.1. The molecule has 1 heterocycles. The van der Waals surface area contributed by atoms with Crippen LogP contribution in [0.1, 0.15) is 47.1 Å². The van der Waals surface area contributed by atoms with Gasteiger partial charge in [0.15, 0.2) is 0 Å². The maximum atomic E-state index is 14.9. The molecule has 11 heteroatoms. The second kappa shape index (κ2) is 7.80. The summed E-state index contributed by atoms with van der Waals surface area (Å²) in [7, 11) is -2.26. The molecule has 0 radical (unpaired) electrons. The van der Waals surface area contributed by atoms with Crippen molar-refractivity contribution in [1.82, 2.24) is 15.3 Å². The van der Waals surface area contributed by atoms with Crippen LogP contribution in [-0.2, 0) is 19.5 Å². The second-order valence-corrected chi connectivity index (χ2v) is 14.7. The van der Waals surface area contributed by atoms with Gasteiger partial charge in [-0.25, -0.2) is 14.7 Å². The van der Waals surface area contributed by atoms with E-state index in [1.54, 1.807) is 54.8 Å². The molecule has 0 bridgehead atoms. The minimum absolute atomic E-state index is 0.0265. The zero-order chi connectivity index (χ0) is 24.8. The molecule has 1 aromatic rings. The number of nitrogens with one attached hydrogen (secondary N) is 2. The van der Waals surface area contributed by atoms with Crippen LogP contribution in [-0.4, -0.2) is 57.3 Å². The fourth-order valence-corrected chi connectivity index (χ4v) is 6.99. The molecule has 2 rings (SSSR count). The highest BCUT2D eigenvalue weighted by atomic mass is 32.3. The molecule has 4 N–H and O–H groups in total. The number of carbonyl (C=O) groups is 1. The van der Waals surface area contributed by atoms with E-state index < -0.39 is 37.0 Å². The summed E-state index contributed by atoms with van der Waals surface area (Å²) >= 11 is 0. The topological polar surface area (TPSA) is 121 Å². The normalized spacial score (nSPS) is 24.9. The van der Waals surface area contributed by atoms with E-state index in [1.165, 1.54) is 18.2 Å². The van der Waals surface area contributed by atoms with Gasteiger partial charge in [0.05, 0.1) is 10.3 Å². The van der Waals surface area contributed by atoms with Gasteiger partial charge in [0, 0.05) is 30.0 Å². The minimum Gasteiger partial charge on any atom is -0.442 e. The number of carbonyl (C=O) groups excluding carboxylic acids is 1. The number of anilines is 1. The fraction of sp³-hybridized carbons (Fsp3) is 0.571. The predicted octanol–water partition coefficient (Wildman–Crippen LogP) is 2.76. The van der Waals surface area contributed by atoms with E-state index in [4.69, 9.17) is 15.5 Å². The summed E-state index contributed by atoms with van der Waals surface area (Å²) in [4.78, 5) is 17.9. The van der Waals surface area contributed by atoms with Gasteiger partial charge in [-0.1, -0.05) is 0 Å². The van der Waals surface area contributed by atoms with Crippen LogP contribution in [0.4, 0.5) is 14.9 Å². The molecule has 1 aliphatic heterocycles. The van der Waals surface area contributed by atoms with Gasteiger partial charge in [-0.15, -0.1) is 0 Å². The van der Waals surface area contributed by atoms with E-state index >= 15 is 0 Å². The first-order valence-corrected chi connectivity index (χ1v) is 12.7. The van der Waals surface area contributed by atoms with Crippen LogP contribution < -0.4 is 16.0 Å². The Balaban J connectivity index is 2.86. The molecular formula is C21H35FN6O3S. The average molecular weight is 471 g/mol. The Morgan fingerprint density at radius 1 is 1.38 bits per heavy atom. The van der Waals surface area contributed by atoms with Crippen LogP contribution in [0.2, 0.25) is 0 Å². The van der Waals surface area contributed by atoms with Gasteiger partial charge in [-0.2, -0.15) is 10.1 Å². The van der Waals surface area contributed by atoms with Crippen molar-refractivity contribution >= 4 is 33.6 Å². The quantitative estimate of drug-likeness (QED) is 0.355. The van der Waals surface area contributed by atoms with Gasteiger partial charge in [-0.3, -0.25) is 13.9 Å². The summed E-state index contributed by atoms with van der Waals surface area (Å²) in [6, 6.07) is 4.15. The number of nitrogen functional groups attached to an aromatic ring is 1. The van der Waals surface area contributed by atoms with Crippen LogP contribution >= 0.6 is 0 Å². The highest BCUT2D eigenvalue weighted by Crippen LogP contribution is 2.48. The molecule has 0 aliphatic carbocycles. The van der Waals surface area contributed by atoms with E-state index in [-0.39, 0.29) is 17.2 Å². The van der Waals surface area contributed by atoms with Gasteiger partial charge in [0.25, 0.3) is 0 Å². The van der Waals surface area contributed by atoms with Crippen LogP contribution in [0.15, 0.2) is 28.3 Å². The van der Waals surface area contributed by atoms with Crippen molar-refractivity contribution in [3.8, 4) is 0 Å². The number of hydrazone groups is 1. The van der Waals surface area contributed by atoms with E-state index in [9.17, 15) is 13.4 Å². The van der Waals surface area contributed by atoms with E-state index in [2.05, 4.69) is 22.1 Å². The summed E-state index contributed by atoms with van der Waals surface area (Å²) in [6.07, 6.45) is 0.767. The average Bonchev–Trinajstić information content (AvgIpc) is 2.64. The number of amidine groups is 1. The fourth-order valence-electron chi connectivity index (χ4n) is 3.79. The smallest absolute Gasteiger partial charge is 0.436 e. The molecule has 0 spiro atoms. The second-order valence-electron chi connectivity index (χ2n) is 9.92. The number of ether oxygens (including phenoxy) is 1. The van der Waals surface area contributed by atoms with E-state index in [0.717, 1.165) is 5.01 Å². The Bertz CT molecular complexity index is 1030. The zero-order valence-corrected chi connectivity index (χ0v) is 20.9. The largest absolute Gasteiger partial charge is 0.442 e.